The van der Waals surface area contributed by atoms with Gasteiger partial charge in [0.1, 0.15) is 29.2 Å². The fourth-order valence-electron chi connectivity index (χ4n) is 5.10. The van der Waals surface area contributed by atoms with Crippen LogP contribution in [-0.4, -0.2) is 49.3 Å². The minimum atomic E-state index is -0.369. The second kappa shape index (κ2) is 10.3. The van der Waals surface area contributed by atoms with E-state index in [4.69, 9.17) is 15.6 Å². The Labute approximate surface area is 215 Å². The SMILES string of the molecule is CC(=NC1CCN(C#N)C(C2CC2)C1)/C(=N\N)c1cc(OC(C)c2ccccn2)n2c(C#N)cnc2c1. The third-order valence-corrected chi connectivity index (χ3v) is 7.12. The van der Waals surface area contributed by atoms with Crippen LogP contribution in [0.3, 0.4) is 0 Å². The number of rotatable bonds is 7. The van der Waals surface area contributed by atoms with Crippen LogP contribution in [0.4, 0.5) is 0 Å². The molecular weight excluding hydrogens is 466 g/mol. The monoisotopic (exact) mass is 495 g/mol. The Kier molecular flexibility index (Phi) is 6.74. The van der Waals surface area contributed by atoms with E-state index in [1.807, 2.05) is 49.1 Å². The number of nitriles is 2. The molecular formula is C27H29N9O. The van der Waals surface area contributed by atoms with E-state index < -0.39 is 0 Å². The number of likely N-dealkylation sites (tertiary alicyclic amines) is 1. The molecule has 1 aliphatic carbocycles. The van der Waals surface area contributed by atoms with Crippen LogP contribution >= 0.6 is 0 Å². The Morgan fingerprint density at radius 1 is 1.22 bits per heavy atom. The zero-order valence-corrected chi connectivity index (χ0v) is 20.9. The normalized spacial score (nSPS) is 21.4. The number of piperidine rings is 1. The highest BCUT2D eigenvalue weighted by atomic mass is 16.5. The number of aliphatic imine (C=N–C) groups is 1. The van der Waals surface area contributed by atoms with E-state index in [1.165, 1.54) is 19.0 Å². The maximum absolute atomic E-state index is 9.63. The number of nitrogens with two attached hydrogens (primary N) is 1. The lowest BCUT2D eigenvalue weighted by Gasteiger charge is -2.35. The molecule has 188 valence electrons. The molecule has 0 bridgehead atoms. The summed E-state index contributed by atoms with van der Waals surface area (Å²) >= 11 is 0. The van der Waals surface area contributed by atoms with Crippen molar-refractivity contribution in [2.24, 2.45) is 21.9 Å². The van der Waals surface area contributed by atoms with Gasteiger partial charge in [0, 0.05) is 30.4 Å². The van der Waals surface area contributed by atoms with Crippen LogP contribution in [0.25, 0.3) is 5.65 Å². The highest BCUT2D eigenvalue weighted by Gasteiger charge is 2.39. The van der Waals surface area contributed by atoms with Crippen molar-refractivity contribution in [2.75, 3.05) is 6.54 Å². The molecule has 3 aromatic rings. The van der Waals surface area contributed by atoms with Crippen molar-refractivity contribution in [3.05, 3.63) is 59.7 Å². The molecule has 10 nitrogen and oxygen atoms in total. The average molecular weight is 496 g/mol. The summed E-state index contributed by atoms with van der Waals surface area (Å²) in [5.41, 5.74) is 3.61. The van der Waals surface area contributed by atoms with E-state index in [0.29, 0.717) is 46.7 Å². The van der Waals surface area contributed by atoms with Gasteiger partial charge in [-0.1, -0.05) is 6.07 Å². The van der Waals surface area contributed by atoms with E-state index in [2.05, 4.69) is 27.3 Å². The molecule has 2 fully saturated rings. The lowest BCUT2D eigenvalue weighted by Crippen LogP contribution is -2.42. The van der Waals surface area contributed by atoms with Gasteiger partial charge >= 0.3 is 0 Å². The van der Waals surface area contributed by atoms with Crippen LogP contribution in [0.15, 0.2) is 52.8 Å². The van der Waals surface area contributed by atoms with Crippen LogP contribution < -0.4 is 10.6 Å². The summed E-state index contributed by atoms with van der Waals surface area (Å²) < 4.78 is 7.96. The molecule has 1 aliphatic heterocycles. The summed E-state index contributed by atoms with van der Waals surface area (Å²) in [6, 6.07) is 11.8. The Hall–Kier alpha value is -4.44. The van der Waals surface area contributed by atoms with Crippen molar-refractivity contribution in [1.29, 1.82) is 10.5 Å². The molecule has 3 atom stereocenters. The number of aromatic nitrogens is 3. The quantitative estimate of drug-likeness (QED) is 0.228. The first-order chi connectivity index (χ1) is 18.0. The fourth-order valence-corrected chi connectivity index (χ4v) is 5.10. The molecule has 10 heteroatoms. The van der Waals surface area contributed by atoms with Gasteiger partial charge in [-0.25, -0.2) is 4.98 Å². The second-order valence-electron chi connectivity index (χ2n) is 9.61. The number of nitrogens with zero attached hydrogens (tertiary/aromatic N) is 8. The topological polar surface area (TPSA) is 141 Å². The lowest BCUT2D eigenvalue weighted by atomic mass is 9.94. The first-order valence-corrected chi connectivity index (χ1v) is 12.5. The van der Waals surface area contributed by atoms with E-state index >= 15 is 0 Å². The van der Waals surface area contributed by atoms with E-state index in [9.17, 15) is 10.5 Å². The van der Waals surface area contributed by atoms with E-state index in [0.717, 1.165) is 18.5 Å². The standard InChI is InChI=1S/C27H29N9O/c1-17(33-21-8-10-35(16-29)24(13-21)19-6-7-19)27(34-30)20-11-25-32-15-22(14-28)36(25)26(12-20)37-18(2)23-5-3-4-9-31-23/h3-5,9,11-12,15,18-19,21,24H,6-8,10,13,30H2,1-2H3/b33-17?,34-27+. The maximum atomic E-state index is 9.63. The predicted molar refractivity (Wildman–Crippen MR) is 139 cm³/mol. The molecule has 1 saturated heterocycles. The number of pyridine rings is 2. The molecule has 3 unspecified atom stereocenters. The van der Waals surface area contributed by atoms with Crippen LogP contribution in [0, 0.1) is 28.7 Å². The van der Waals surface area contributed by atoms with Crippen LogP contribution in [0.5, 0.6) is 5.88 Å². The zero-order chi connectivity index (χ0) is 25.9. The largest absolute Gasteiger partial charge is 0.469 e. The smallest absolute Gasteiger partial charge is 0.201 e. The Morgan fingerprint density at radius 2 is 2.05 bits per heavy atom. The molecule has 0 spiro atoms. The van der Waals surface area contributed by atoms with Gasteiger partial charge in [-0.3, -0.25) is 14.4 Å². The number of hydrogen-bond acceptors (Lipinski definition) is 9. The summed E-state index contributed by atoms with van der Waals surface area (Å²) in [5, 5.41) is 23.2. The van der Waals surface area contributed by atoms with Crippen molar-refractivity contribution >= 4 is 17.1 Å². The zero-order valence-electron chi connectivity index (χ0n) is 20.9. The van der Waals surface area contributed by atoms with Crippen LogP contribution in [-0.2, 0) is 0 Å². The van der Waals surface area contributed by atoms with Crippen molar-refractivity contribution < 1.29 is 4.74 Å². The van der Waals surface area contributed by atoms with Crippen LogP contribution in [0.1, 0.15) is 62.6 Å². The molecule has 2 aliphatic rings. The van der Waals surface area contributed by atoms with Gasteiger partial charge in [-0.15, -0.1) is 0 Å². The molecule has 3 aromatic heterocycles. The van der Waals surface area contributed by atoms with Gasteiger partial charge in [0.15, 0.2) is 6.19 Å². The molecule has 0 amide bonds. The maximum Gasteiger partial charge on any atom is 0.201 e. The van der Waals surface area contributed by atoms with Crippen LogP contribution in [0.2, 0.25) is 0 Å². The molecule has 2 N–H and O–H groups in total. The molecule has 37 heavy (non-hydrogen) atoms. The van der Waals surface area contributed by atoms with E-state index in [1.54, 1.807) is 10.6 Å². The molecule has 0 radical (unpaired) electrons. The lowest BCUT2D eigenvalue weighted by molar-refractivity contribution is 0.185. The second-order valence-corrected chi connectivity index (χ2v) is 9.61. The highest BCUT2D eigenvalue weighted by molar-refractivity contribution is 6.47. The third kappa shape index (κ3) is 4.96. The van der Waals surface area contributed by atoms with Gasteiger partial charge in [-0.05, 0) is 63.6 Å². The molecule has 1 saturated carbocycles. The van der Waals surface area contributed by atoms with Gasteiger partial charge in [0.05, 0.1) is 23.6 Å². The molecule has 0 aromatic carbocycles. The Morgan fingerprint density at radius 3 is 2.73 bits per heavy atom. The summed E-state index contributed by atoms with van der Waals surface area (Å²) in [7, 11) is 0. The third-order valence-electron chi connectivity index (χ3n) is 7.12. The van der Waals surface area contributed by atoms with Gasteiger partial charge in [0.25, 0.3) is 0 Å². The number of imidazole rings is 1. The highest BCUT2D eigenvalue weighted by Crippen LogP contribution is 2.39. The molecule has 5 rings (SSSR count). The van der Waals surface area contributed by atoms with Crippen molar-refractivity contribution in [3.63, 3.8) is 0 Å². The minimum absolute atomic E-state index is 0.104. The van der Waals surface area contributed by atoms with Crippen molar-refractivity contribution in [1.82, 2.24) is 19.3 Å². The number of ether oxygens (including phenoxy) is 1. The first kappa shape index (κ1) is 24.3. The van der Waals surface area contributed by atoms with Gasteiger partial charge in [-0.2, -0.15) is 15.6 Å². The Bertz CT molecular complexity index is 1430. The van der Waals surface area contributed by atoms with E-state index in [-0.39, 0.29) is 18.2 Å². The van der Waals surface area contributed by atoms with Gasteiger partial charge in [0.2, 0.25) is 5.88 Å². The number of hydrogen-bond donors (Lipinski definition) is 1. The summed E-state index contributed by atoms with van der Waals surface area (Å²) in [5.74, 6) is 6.91. The van der Waals surface area contributed by atoms with Gasteiger partial charge < -0.3 is 15.5 Å². The van der Waals surface area contributed by atoms with Crippen molar-refractivity contribution in [3.8, 4) is 18.1 Å². The summed E-state index contributed by atoms with van der Waals surface area (Å²) in [6.07, 6.45) is 9.25. The summed E-state index contributed by atoms with van der Waals surface area (Å²) in [6.45, 7) is 4.52. The average Bonchev–Trinajstić information content (AvgIpc) is 3.68. The predicted octanol–water partition coefficient (Wildman–Crippen LogP) is 3.59. The fraction of sp³-hybridized carbons (Fsp3) is 0.407. The number of hydrazone groups is 1. The Balaban J connectivity index is 1.46. The summed E-state index contributed by atoms with van der Waals surface area (Å²) in [4.78, 5) is 15.7. The van der Waals surface area contributed by atoms with Crippen molar-refractivity contribution in [2.45, 2.75) is 57.7 Å². The first-order valence-electron chi connectivity index (χ1n) is 12.5. The minimum Gasteiger partial charge on any atom is -0.469 e. The molecule has 4 heterocycles. The number of fused-ring (bicyclic) bond motifs is 1.